The molecule has 110 valence electrons. The normalized spacial score (nSPS) is 20.3. The zero-order valence-electron chi connectivity index (χ0n) is 11.9. The number of carbonyl (C=O) groups is 1. The van der Waals surface area contributed by atoms with Crippen LogP contribution in [-0.2, 0) is 4.79 Å². The third-order valence-corrected chi connectivity index (χ3v) is 4.20. The number of benzene rings is 1. The van der Waals surface area contributed by atoms with Gasteiger partial charge in [0.1, 0.15) is 6.17 Å². The van der Waals surface area contributed by atoms with Gasteiger partial charge in [-0.25, -0.2) is 4.39 Å². The number of amides is 1. The van der Waals surface area contributed by atoms with Gasteiger partial charge in [-0.05, 0) is 30.9 Å². The van der Waals surface area contributed by atoms with Gasteiger partial charge in [0.2, 0.25) is 5.91 Å². The maximum atomic E-state index is 13.8. The summed E-state index contributed by atoms with van der Waals surface area (Å²) < 4.78 is 18.7. The third-order valence-electron chi connectivity index (χ3n) is 3.39. The molecule has 1 aromatic rings. The minimum absolute atomic E-state index is 0.0489. The van der Waals surface area contributed by atoms with Crippen molar-refractivity contribution in [1.82, 2.24) is 10.2 Å². The Hall–Kier alpha value is -1.27. The highest BCUT2D eigenvalue weighted by atomic mass is 32.2. The molecule has 1 aromatic carbocycles. The van der Waals surface area contributed by atoms with Crippen LogP contribution in [0.4, 0.5) is 4.39 Å². The molecule has 0 aliphatic carbocycles. The van der Waals surface area contributed by atoms with Crippen LogP contribution in [0.2, 0.25) is 0 Å². The summed E-state index contributed by atoms with van der Waals surface area (Å²) in [5, 5.41) is 3.14. The highest BCUT2D eigenvalue weighted by molar-refractivity contribution is 7.98. The van der Waals surface area contributed by atoms with Crippen LogP contribution < -0.4 is 10.1 Å². The predicted octanol–water partition coefficient (Wildman–Crippen LogP) is 2.02. The molecule has 1 saturated heterocycles. The molecule has 2 atom stereocenters. The smallest absolute Gasteiger partial charge is 0.238 e. The Labute approximate surface area is 122 Å². The van der Waals surface area contributed by atoms with Crippen molar-refractivity contribution in [2.45, 2.75) is 19.1 Å². The van der Waals surface area contributed by atoms with Crippen LogP contribution in [-0.4, -0.2) is 42.5 Å². The zero-order chi connectivity index (χ0) is 14.7. The highest BCUT2D eigenvalue weighted by Crippen LogP contribution is 2.28. The van der Waals surface area contributed by atoms with E-state index in [-0.39, 0.29) is 30.4 Å². The van der Waals surface area contributed by atoms with Crippen molar-refractivity contribution < 1.29 is 13.9 Å². The molecule has 0 saturated carbocycles. The minimum Gasteiger partial charge on any atom is -0.494 e. The zero-order valence-corrected chi connectivity index (χ0v) is 12.7. The van der Waals surface area contributed by atoms with Crippen molar-refractivity contribution in [2.75, 3.05) is 25.7 Å². The standard InChI is InChI=1S/C14H19FN2O2S/c1-9(8-20-3)17-13(18)7-16-14(17)10-4-5-12(19-2)11(15)6-10/h4-6,9,14,16H,7-8H2,1-3H3. The van der Waals surface area contributed by atoms with E-state index in [2.05, 4.69) is 5.32 Å². The number of nitrogens with zero attached hydrogens (tertiary/aromatic N) is 1. The van der Waals surface area contributed by atoms with Gasteiger partial charge in [-0.2, -0.15) is 11.8 Å². The van der Waals surface area contributed by atoms with Gasteiger partial charge in [-0.15, -0.1) is 0 Å². The van der Waals surface area contributed by atoms with Crippen LogP contribution in [0, 0.1) is 5.82 Å². The summed E-state index contributed by atoms with van der Waals surface area (Å²) in [4.78, 5) is 13.8. The van der Waals surface area contributed by atoms with E-state index in [1.807, 2.05) is 13.2 Å². The number of rotatable bonds is 5. The molecular weight excluding hydrogens is 279 g/mol. The quantitative estimate of drug-likeness (QED) is 0.903. The molecule has 1 N–H and O–H groups in total. The number of nitrogens with one attached hydrogen (secondary N) is 1. The number of methoxy groups -OCH3 is 1. The minimum atomic E-state index is -0.413. The summed E-state index contributed by atoms with van der Waals surface area (Å²) in [5.74, 6) is 0.695. The van der Waals surface area contributed by atoms with Gasteiger partial charge in [-0.3, -0.25) is 10.1 Å². The molecule has 0 radical (unpaired) electrons. The number of ether oxygens (including phenoxy) is 1. The summed E-state index contributed by atoms with van der Waals surface area (Å²) in [6.45, 7) is 2.30. The van der Waals surface area contributed by atoms with Gasteiger partial charge in [0.15, 0.2) is 11.6 Å². The Balaban J connectivity index is 2.26. The van der Waals surface area contributed by atoms with E-state index in [9.17, 15) is 9.18 Å². The van der Waals surface area contributed by atoms with E-state index in [1.165, 1.54) is 13.2 Å². The Kier molecular flexibility index (Phi) is 4.88. The first-order valence-corrected chi connectivity index (χ1v) is 7.84. The van der Waals surface area contributed by atoms with Crippen LogP contribution >= 0.6 is 11.8 Å². The maximum absolute atomic E-state index is 13.8. The highest BCUT2D eigenvalue weighted by Gasteiger charge is 2.35. The third kappa shape index (κ3) is 2.91. The molecule has 1 amide bonds. The van der Waals surface area contributed by atoms with Gasteiger partial charge in [0.05, 0.1) is 13.7 Å². The average Bonchev–Trinajstić information content (AvgIpc) is 2.81. The fourth-order valence-electron chi connectivity index (χ4n) is 2.47. The molecule has 0 aromatic heterocycles. The number of hydrogen-bond donors (Lipinski definition) is 1. The van der Waals surface area contributed by atoms with E-state index < -0.39 is 5.82 Å². The van der Waals surface area contributed by atoms with Gasteiger partial charge >= 0.3 is 0 Å². The molecule has 1 aliphatic heterocycles. The molecule has 4 nitrogen and oxygen atoms in total. The van der Waals surface area contributed by atoms with Crippen LogP contribution in [0.15, 0.2) is 18.2 Å². The Morgan fingerprint density at radius 1 is 1.60 bits per heavy atom. The van der Waals surface area contributed by atoms with Crippen LogP contribution in [0.5, 0.6) is 5.75 Å². The van der Waals surface area contributed by atoms with Crippen LogP contribution in [0.1, 0.15) is 18.7 Å². The molecule has 2 unspecified atom stereocenters. The first-order chi connectivity index (χ1) is 9.58. The fraction of sp³-hybridized carbons (Fsp3) is 0.500. The fourth-order valence-corrected chi connectivity index (χ4v) is 3.11. The molecular formula is C14H19FN2O2S. The van der Waals surface area contributed by atoms with Crippen LogP contribution in [0.25, 0.3) is 0 Å². The molecule has 1 fully saturated rings. The summed E-state index contributed by atoms with van der Waals surface area (Å²) >= 11 is 1.69. The molecule has 0 bridgehead atoms. The largest absolute Gasteiger partial charge is 0.494 e. The van der Waals surface area contributed by atoms with Crippen molar-refractivity contribution in [3.05, 3.63) is 29.6 Å². The summed E-state index contributed by atoms with van der Waals surface area (Å²) in [6, 6.07) is 4.90. The van der Waals surface area contributed by atoms with Gasteiger partial charge in [0.25, 0.3) is 0 Å². The SMILES string of the molecule is COc1ccc(C2NCC(=O)N2C(C)CSC)cc1F. The number of thioether (sulfide) groups is 1. The van der Waals surface area contributed by atoms with Crippen molar-refractivity contribution in [2.24, 2.45) is 0 Å². The van der Waals surface area contributed by atoms with Crippen molar-refractivity contribution in [1.29, 1.82) is 0 Å². The second kappa shape index (κ2) is 6.45. The average molecular weight is 298 g/mol. The molecule has 0 spiro atoms. The van der Waals surface area contributed by atoms with E-state index in [4.69, 9.17) is 4.74 Å². The second-order valence-corrected chi connectivity index (χ2v) is 5.69. The summed E-state index contributed by atoms with van der Waals surface area (Å²) in [5.41, 5.74) is 0.738. The van der Waals surface area contributed by atoms with Crippen molar-refractivity contribution >= 4 is 17.7 Å². The lowest BCUT2D eigenvalue weighted by atomic mass is 10.1. The van der Waals surface area contributed by atoms with Gasteiger partial charge < -0.3 is 9.64 Å². The van der Waals surface area contributed by atoms with E-state index in [1.54, 1.807) is 28.8 Å². The topological polar surface area (TPSA) is 41.6 Å². The molecule has 6 heteroatoms. The molecule has 1 aliphatic rings. The first-order valence-electron chi connectivity index (χ1n) is 6.45. The summed E-state index contributed by atoms with van der Waals surface area (Å²) in [7, 11) is 1.43. The van der Waals surface area contributed by atoms with E-state index in [0.717, 1.165) is 11.3 Å². The lowest BCUT2D eigenvalue weighted by Gasteiger charge is -2.30. The number of hydrogen-bond acceptors (Lipinski definition) is 4. The Morgan fingerprint density at radius 2 is 2.35 bits per heavy atom. The van der Waals surface area contributed by atoms with Gasteiger partial charge in [-0.1, -0.05) is 6.07 Å². The maximum Gasteiger partial charge on any atom is 0.238 e. The van der Waals surface area contributed by atoms with Crippen molar-refractivity contribution in [3.63, 3.8) is 0 Å². The molecule has 1 heterocycles. The van der Waals surface area contributed by atoms with E-state index >= 15 is 0 Å². The lowest BCUT2D eigenvalue weighted by molar-refractivity contribution is -0.129. The monoisotopic (exact) mass is 298 g/mol. The van der Waals surface area contributed by atoms with Gasteiger partial charge in [0, 0.05) is 11.8 Å². The van der Waals surface area contributed by atoms with Crippen LogP contribution in [0.3, 0.4) is 0 Å². The van der Waals surface area contributed by atoms with E-state index in [0.29, 0.717) is 0 Å². The summed E-state index contributed by atoms with van der Waals surface area (Å²) in [6.07, 6.45) is 1.73. The predicted molar refractivity (Wildman–Crippen MR) is 78.4 cm³/mol. The number of halogens is 1. The van der Waals surface area contributed by atoms with Crippen molar-refractivity contribution in [3.8, 4) is 5.75 Å². The Morgan fingerprint density at radius 3 is 2.95 bits per heavy atom. The molecule has 20 heavy (non-hydrogen) atoms. The first kappa shape index (κ1) is 15.1. The molecule has 2 rings (SSSR count). The second-order valence-electron chi connectivity index (χ2n) is 4.78. The lowest BCUT2D eigenvalue weighted by Crippen LogP contribution is -2.39. The Bertz CT molecular complexity index is 498. The number of carbonyl (C=O) groups excluding carboxylic acids is 1.